The molecule has 28 heavy (non-hydrogen) atoms. The molecule has 0 saturated heterocycles. The van der Waals surface area contributed by atoms with Crippen molar-refractivity contribution in [2.75, 3.05) is 0 Å². The van der Waals surface area contributed by atoms with Crippen LogP contribution in [-0.4, -0.2) is 25.5 Å². The van der Waals surface area contributed by atoms with Gasteiger partial charge in [-0.2, -0.15) is 5.10 Å². The number of halogens is 1. The van der Waals surface area contributed by atoms with Gasteiger partial charge in [-0.15, -0.1) is 11.3 Å². The van der Waals surface area contributed by atoms with Crippen LogP contribution in [0, 0.1) is 5.41 Å². The number of thiazole rings is 1. The van der Waals surface area contributed by atoms with Crippen molar-refractivity contribution >= 4 is 38.8 Å². The van der Waals surface area contributed by atoms with E-state index in [9.17, 15) is 9.18 Å². The fraction of sp³-hybridized carbons (Fsp3) is 0.222. The molecule has 0 aromatic carbocycles. The fourth-order valence-electron chi connectivity index (χ4n) is 2.78. The number of fused-ring (bicyclic) bond motifs is 3. The van der Waals surface area contributed by atoms with Gasteiger partial charge in [-0.1, -0.05) is 6.58 Å². The van der Waals surface area contributed by atoms with Gasteiger partial charge in [-0.25, -0.2) is 14.1 Å². The minimum absolute atomic E-state index is 0.0953. The molecule has 3 heterocycles. The summed E-state index contributed by atoms with van der Waals surface area (Å²) < 4.78 is 17.3. The standard InChI is InChI=1S/C18H20FN7OS/c1-9(12(19)6-21)4-14-24-17-16(28-14)11-7-23-26(8-13(22)10(2)5-20)18(27)15(11)25(17)3/h5-7,20H,1,4,8,21-22H2,2-3H3/b12-6+,13-10?,20-5?. The molecule has 8 nitrogen and oxygen atoms in total. The van der Waals surface area contributed by atoms with E-state index in [1.54, 1.807) is 24.7 Å². The van der Waals surface area contributed by atoms with E-state index in [0.717, 1.165) is 17.1 Å². The summed E-state index contributed by atoms with van der Waals surface area (Å²) in [5.74, 6) is -0.570. The maximum Gasteiger partial charge on any atom is 0.291 e. The first kappa shape index (κ1) is 19.5. The van der Waals surface area contributed by atoms with Gasteiger partial charge in [-0.3, -0.25) is 4.79 Å². The predicted molar refractivity (Wildman–Crippen MR) is 110 cm³/mol. The number of hydrogen-bond donors (Lipinski definition) is 3. The summed E-state index contributed by atoms with van der Waals surface area (Å²) >= 11 is 1.36. The van der Waals surface area contributed by atoms with Gasteiger partial charge >= 0.3 is 0 Å². The smallest absolute Gasteiger partial charge is 0.291 e. The highest BCUT2D eigenvalue weighted by Gasteiger charge is 2.19. The predicted octanol–water partition coefficient (Wildman–Crippen LogP) is 2.10. The van der Waals surface area contributed by atoms with Crippen LogP contribution in [0.3, 0.4) is 0 Å². The van der Waals surface area contributed by atoms with Crippen LogP contribution in [0.1, 0.15) is 11.9 Å². The van der Waals surface area contributed by atoms with E-state index >= 15 is 0 Å². The molecular formula is C18H20FN7OS. The van der Waals surface area contributed by atoms with E-state index in [1.807, 2.05) is 0 Å². The van der Waals surface area contributed by atoms with Gasteiger partial charge in [0, 0.05) is 37.0 Å². The van der Waals surface area contributed by atoms with Gasteiger partial charge < -0.3 is 21.4 Å². The van der Waals surface area contributed by atoms with Crippen LogP contribution in [0.5, 0.6) is 0 Å². The summed E-state index contributed by atoms with van der Waals surface area (Å²) in [5, 5.41) is 12.8. The van der Waals surface area contributed by atoms with Crippen molar-refractivity contribution in [3.63, 3.8) is 0 Å². The first-order chi connectivity index (χ1) is 13.3. The second-order valence-electron chi connectivity index (χ2n) is 6.34. The van der Waals surface area contributed by atoms with Crippen molar-refractivity contribution in [1.29, 1.82) is 5.41 Å². The van der Waals surface area contributed by atoms with Crippen molar-refractivity contribution in [1.82, 2.24) is 19.3 Å². The minimum atomic E-state index is -0.570. The van der Waals surface area contributed by atoms with E-state index in [0.29, 0.717) is 32.8 Å². The van der Waals surface area contributed by atoms with Gasteiger partial charge in [-0.05, 0) is 18.1 Å². The largest absolute Gasteiger partial charge is 0.402 e. The summed E-state index contributed by atoms with van der Waals surface area (Å²) in [7, 11) is 1.75. The Bertz CT molecular complexity index is 1230. The Balaban J connectivity index is 2.08. The number of nitrogens with zero attached hydrogens (tertiary/aromatic N) is 4. The van der Waals surface area contributed by atoms with Crippen molar-refractivity contribution < 1.29 is 4.39 Å². The molecule has 0 aliphatic carbocycles. The van der Waals surface area contributed by atoms with Gasteiger partial charge in [0.25, 0.3) is 5.56 Å². The van der Waals surface area contributed by atoms with Crippen LogP contribution in [0.15, 0.2) is 46.4 Å². The Hall–Kier alpha value is -3.27. The van der Waals surface area contributed by atoms with Gasteiger partial charge in [0.1, 0.15) is 16.4 Å². The van der Waals surface area contributed by atoms with Crippen molar-refractivity contribution in [2.45, 2.75) is 19.9 Å². The zero-order valence-electron chi connectivity index (χ0n) is 15.5. The Morgan fingerprint density at radius 3 is 2.86 bits per heavy atom. The van der Waals surface area contributed by atoms with Crippen LogP contribution in [0.25, 0.3) is 21.3 Å². The van der Waals surface area contributed by atoms with Crippen molar-refractivity contribution in [3.05, 3.63) is 57.0 Å². The van der Waals surface area contributed by atoms with E-state index in [4.69, 9.17) is 16.9 Å². The maximum absolute atomic E-state index is 13.5. The fourth-order valence-corrected chi connectivity index (χ4v) is 3.93. The molecule has 0 radical (unpaired) electrons. The highest BCUT2D eigenvalue weighted by atomic mass is 32.1. The molecule has 0 unspecified atom stereocenters. The summed E-state index contributed by atoms with van der Waals surface area (Å²) in [4.78, 5) is 17.4. The Morgan fingerprint density at radius 1 is 1.50 bits per heavy atom. The lowest BCUT2D eigenvalue weighted by atomic mass is 10.2. The van der Waals surface area contributed by atoms with E-state index in [2.05, 4.69) is 16.7 Å². The van der Waals surface area contributed by atoms with Crippen molar-refractivity contribution in [2.24, 2.45) is 18.5 Å². The van der Waals surface area contributed by atoms with E-state index in [1.165, 1.54) is 16.0 Å². The third kappa shape index (κ3) is 3.22. The molecule has 0 amide bonds. The topological polar surface area (TPSA) is 129 Å². The molecule has 3 rings (SSSR count). The van der Waals surface area contributed by atoms with Crippen molar-refractivity contribution in [3.8, 4) is 0 Å². The quantitative estimate of drug-likeness (QED) is 0.430. The normalized spacial score (nSPS) is 13.2. The molecule has 0 fully saturated rings. The number of nitrogens with two attached hydrogens (primary N) is 2. The minimum Gasteiger partial charge on any atom is -0.402 e. The molecular weight excluding hydrogens is 381 g/mol. The zero-order chi connectivity index (χ0) is 20.6. The van der Waals surface area contributed by atoms with Crippen LogP contribution >= 0.6 is 11.3 Å². The summed E-state index contributed by atoms with van der Waals surface area (Å²) in [5.41, 5.74) is 13.1. The summed E-state index contributed by atoms with van der Waals surface area (Å²) in [6.45, 7) is 5.47. The second-order valence-corrected chi connectivity index (χ2v) is 7.42. The molecule has 0 spiro atoms. The molecule has 0 bridgehead atoms. The van der Waals surface area contributed by atoms with Crippen LogP contribution in [0.4, 0.5) is 4.39 Å². The molecule has 0 atom stereocenters. The lowest BCUT2D eigenvalue weighted by molar-refractivity contribution is 0.630. The zero-order valence-corrected chi connectivity index (χ0v) is 16.3. The summed E-state index contributed by atoms with van der Waals surface area (Å²) in [6.07, 6.45) is 3.84. The Labute approximate surface area is 163 Å². The van der Waals surface area contributed by atoms with Crippen LogP contribution in [0.2, 0.25) is 0 Å². The first-order valence-corrected chi connectivity index (χ1v) is 9.15. The maximum atomic E-state index is 13.5. The van der Waals surface area contributed by atoms with Crippen LogP contribution < -0.4 is 17.0 Å². The third-order valence-electron chi connectivity index (χ3n) is 4.46. The highest BCUT2D eigenvalue weighted by Crippen LogP contribution is 2.32. The van der Waals surface area contributed by atoms with Gasteiger partial charge in [0.2, 0.25) is 0 Å². The van der Waals surface area contributed by atoms with E-state index in [-0.39, 0.29) is 24.1 Å². The Morgan fingerprint density at radius 2 is 2.21 bits per heavy atom. The van der Waals surface area contributed by atoms with E-state index < -0.39 is 5.83 Å². The molecule has 3 aromatic rings. The SMILES string of the molecule is C=C(Cc1nc2c(s1)c1cnn(CC(N)=C(C)C=N)c(=O)c1n2C)/C(F)=C\N. The van der Waals surface area contributed by atoms with Gasteiger partial charge in [0.15, 0.2) is 5.65 Å². The monoisotopic (exact) mass is 401 g/mol. The average Bonchev–Trinajstić information content (AvgIpc) is 3.20. The Kier molecular flexibility index (Phi) is 5.14. The molecule has 10 heteroatoms. The first-order valence-electron chi connectivity index (χ1n) is 8.33. The molecule has 0 aliphatic heterocycles. The lowest BCUT2D eigenvalue weighted by Gasteiger charge is -2.07. The number of allylic oxidation sites excluding steroid dienone is 4. The highest BCUT2D eigenvalue weighted by molar-refractivity contribution is 7.19. The molecule has 3 aromatic heterocycles. The number of hydrogen-bond acceptors (Lipinski definition) is 7. The average molecular weight is 401 g/mol. The number of aryl methyl sites for hydroxylation is 1. The van der Waals surface area contributed by atoms with Gasteiger partial charge in [0.05, 0.1) is 17.4 Å². The lowest BCUT2D eigenvalue weighted by Crippen LogP contribution is -2.27. The van der Waals surface area contributed by atoms with Crippen LogP contribution in [-0.2, 0) is 20.0 Å². The molecule has 146 valence electrons. The number of aromatic nitrogens is 4. The second kappa shape index (κ2) is 7.39. The molecule has 5 N–H and O–H groups in total. The number of rotatable bonds is 6. The summed E-state index contributed by atoms with van der Waals surface area (Å²) in [6, 6.07) is 0. The molecule has 0 aliphatic rings. The third-order valence-corrected chi connectivity index (χ3v) is 5.54. The molecule has 0 saturated carbocycles. The number of nitrogens with one attached hydrogen (secondary N) is 1.